The standard InChI is InChI=1S/C28H27NO6S2/c1-3-4-5-12-36-37-13-11-21(31)29-20-8-6-7-18-22(20)28(35)24-23(26(18)33)27(34)19-14-16(15(2)30)9-10-17(19)25(24)32/h3-8,16,32,34H,1,9-14H2,2H3,(H,29,31)/b5-4-/t16-/m0/s1. The van der Waals surface area contributed by atoms with E-state index < -0.39 is 11.6 Å². The van der Waals surface area contributed by atoms with E-state index in [4.69, 9.17) is 0 Å². The normalized spacial score (nSPS) is 16.2. The van der Waals surface area contributed by atoms with Crippen molar-refractivity contribution in [2.75, 3.05) is 16.8 Å². The third-order valence-electron chi connectivity index (χ3n) is 6.62. The predicted molar refractivity (Wildman–Crippen MR) is 147 cm³/mol. The number of carbonyl (C=O) groups excluding carboxylic acids is 4. The number of nitrogens with one attached hydrogen (secondary N) is 1. The zero-order chi connectivity index (χ0) is 26.7. The highest BCUT2D eigenvalue weighted by molar-refractivity contribution is 8.76. The van der Waals surface area contributed by atoms with Crippen molar-refractivity contribution in [1.29, 1.82) is 0 Å². The van der Waals surface area contributed by atoms with Gasteiger partial charge in [0.1, 0.15) is 17.3 Å². The molecule has 192 valence electrons. The number of amides is 1. The van der Waals surface area contributed by atoms with Crippen LogP contribution in [0.2, 0.25) is 0 Å². The molecule has 2 aromatic rings. The van der Waals surface area contributed by atoms with Crippen LogP contribution in [0.5, 0.6) is 11.5 Å². The number of phenolic OH excluding ortho intramolecular Hbond substituents is 2. The van der Waals surface area contributed by atoms with E-state index in [2.05, 4.69) is 11.9 Å². The molecule has 0 aliphatic heterocycles. The number of allylic oxidation sites excluding steroid dienone is 2. The molecule has 1 atom stereocenters. The van der Waals surface area contributed by atoms with Gasteiger partial charge in [0.2, 0.25) is 5.91 Å². The molecule has 2 aliphatic rings. The number of ketones is 3. The van der Waals surface area contributed by atoms with Crippen molar-refractivity contribution in [2.45, 2.75) is 32.6 Å². The van der Waals surface area contributed by atoms with Crippen LogP contribution in [0.1, 0.15) is 62.7 Å². The van der Waals surface area contributed by atoms with Crippen LogP contribution in [-0.4, -0.2) is 45.0 Å². The van der Waals surface area contributed by atoms with E-state index in [1.54, 1.807) is 39.8 Å². The summed E-state index contributed by atoms with van der Waals surface area (Å²) in [5.41, 5.74) is 0.451. The van der Waals surface area contributed by atoms with Crippen LogP contribution in [0.25, 0.3) is 0 Å². The first-order valence-corrected chi connectivity index (χ1v) is 14.4. The van der Waals surface area contributed by atoms with E-state index >= 15 is 0 Å². The van der Waals surface area contributed by atoms with Gasteiger partial charge in [-0.15, -0.1) is 0 Å². The van der Waals surface area contributed by atoms with Gasteiger partial charge < -0.3 is 15.5 Å². The van der Waals surface area contributed by atoms with Gasteiger partial charge in [0, 0.05) is 40.5 Å². The molecular weight excluding hydrogens is 510 g/mol. The fourth-order valence-electron chi connectivity index (χ4n) is 4.76. The number of benzene rings is 2. The average Bonchev–Trinajstić information content (AvgIpc) is 2.88. The lowest BCUT2D eigenvalue weighted by Crippen LogP contribution is -2.27. The average molecular weight is 538 g/mol. The summed E-state index contributed by atoms with van der Waals surface area (Å²) < 4.78 is 0. The Labute approximate surface area is 222 Å². The van der Waals surface area contributed by atoms with Gasteiger partial charge in [0.25, 0.3) is 0 Å². The van der Waals surface area contributed by atoms with Crippen molar-refractivity contribution in [2.24, 2.45) is 5.92 Å². The number of rotatable bonds is 9. The van der Waals surface area contributed by atoms with E-state index in [1.807, 2.05) is 12.2 Å². The summed E-state index contributed by atoms with van der Waals surface area (Å²) in [6.07, 6.45) is 6.71. The number of Topliss-reactive ketones (excluding diaryl/α,β-unsaturated/α-hetero) is 1. The predicted octanol–water partition coefficient (Wildman–Crippen LogP) is 5.02. The van der Waals surface area contributed by atoms with E-state index in [0.717, 1.165) is 5.75 Å². The van der Waals surface area contributed by atoms with Crippen molar-refractivity contribution >= 4 is 50.5 Å². The highest BCUT2D eigenvalue weighted by Crippen LogP contribution is 2.47. The van der Waals surface area contributed by atoms with Crippen LogP contribution < -0.4 is 5.32 Å². The summed E-state index contributed by atoms with van der Waals surface area (Å²) in [6, 6.07) is 4.57. The molecule has 2 aliphatic carbocycles. The van der Waals surface area contributed by atoms with E-state index in [9.17, 15) is 29.4 Å². The molecule has 9 heteroatoms. The second kappa shape index (κ2) is 11.4. The molecule has 0 saturated carbocycles. The lowest BCUT2D eigenvalue weighted by atomic mass is 9.75. The minimum absolute atomic E-state index is 0.00277. The Bertz CT molecular complexity index is 1350. The summed E-state index contributed by atoms with van der Waals surface area (Å²) >= 11 is 0. The van der Waals surface area contributed by atoms with E-state index in [1.165, 1.54) is 13.0 Å². The Morgan fingerprint density at radius 1 is 1.08 bits per heavy atom. The van der Waals surface area contributed by atoms with Gasteiger partial charge in [-0.05, 0) is 32.3 Å². The van der Waals surface area contributed by atoms with E-state index in [0.29, 0.717) is 29.7 Å². The van der Waals surface area contributed by atoms with Gasteiger partial charge in [-0.3, -0.25) is 19.2 Å². The van der Waals surface area contributed by atoms with Gasteiger partial charge in [-0.1, -0.05) is 58.5 Å². The molecule has 0 saturated heterocycles. The maximum Gasteiger partial charge on any atom is 0.225 e. The second-order valence-corrected chi connectivity index (χ2v) is 11.5. The monoisotopic (exact) mass is 537 g/mol. The second-order valence-electron chi connectivity index (χ2n) is 8.91. The molecule has 1 amide bonds. The summed E-state index contributed by atoms with van der Waals surface area (Å²) in [6.45, 7) is 5.09. The van der Waals surface area contributed by atoms with Gasteiger partial charge in [-0.25, -0.2) is 0 Å². The van der Waals surface area contributed by atoms with Crippen molar-refractivity contribution < 1.29 is 29.4 Å². The maximum absolute atomic E-state index is 13.6. The third-order valence-corrected chi connectivity index (χ3v) is 8.90. The summed E-state index contributed by atoms with van der Waals surface area (Å²) in [7, 11) is 3.15. The molecule has 3 N–H and O–H groups in total. The molecule has 7 nitrogen and oxygen atoms in total. The zero-order valence-electron chi connectivity index (χ0n) is 20.3. The number of hydrogen-bond donors (Lipinski definition) is 3. The Hall–Kier alpha value is -3.30. The first-order chi connectivity index (χ1) is 17.8. The van der Waals surface area contributed by atoms with E-state index in [-0.39, 0.29) is 69.9 Å². The molecule has 0 radical (unpaired) electrons. The molecule has 2 aromatic carbocycles. The lowest BCUT2D eigenvalue weighted by Gasteiger charge is -2.29. The minimum atomic E-state index is -0.635. The fourth-order valence-corrected chi connectivity index (χ4v) is 6.57. The highest BCUT2D eigenvalue weighted by atomic mass is 33.1. The zero-order valence-corrected chi connectivity index (χ0v) is 22.0. The van der Waals surface area contributed by atoms with Crippen LogP contribution in [0.15, 0.2) is 43.0 Å². The highest BCUT2D eigenvalue weighted by Gasteiger charge is 2.40. The van der Waals surface area contributed by atoms with Crippen LogP contribution in [0.4, 0.5) is 5.69 Å². The quantitative estimate of drug-likeness (QED) is 0.151. The molecule has 0 bridgehead atoms. The smallest absolute Gasteiger partial charge is 0.225 e. The van der Waals surface area contributed by atoms with Gasteiger partial charge >= 0.3 is 0 Å². The Balaban J connectivity index is 1.60. The molecule has 37 heavy (non-hydrogen) atoms. The number of anilines is 1. The number of aromatic hydroxyl groups is 2. The maximum atomic E-state index is 13.6. The number of hydrogen-bond acceptors (Lipinski definition) is 8. The third kappa shape index (κ3) is 5.24. The molecule has 0 heterocycles. The molecule has 0 unspecified atom stereocenters. The van der Waals surface area contributed by atoms with Crippen molar-refractivity contribution in [1.82, 2.24) is 0 Å². The number of carbonyl (C=O) groups is 4. The fraction of sp³-hybridized carbons (Fsp3) is 0.286. The summed E-state index contributed by atoms with van der Waals surface area (Å²) in [5, 5.41) is 24.8. The largest absolute Gasteiger partial charge is 0.507 e. The van der Waals surface area contributed by atoms with Crippen LogP contribution in [-0.2, 0) is 22.4 Å². The van der Waals surface area contributed by atoms with Crippen molar-refractivity contribution in [3.8, 4) is 11.5 Å². The number of fused-ring (bicyclic) bond motifs is 3. The SMILES string of the molecule is C=C/C=C\CSSCCC(=O)Nc1cccc2c1C(=O)c1c(O)c3c(c(O)c1C2=O)C[C@@H](C(C)=O)CC3. The molecule has 4 rings (SSSR count). The van der Waals surface area contributed by atoms with Crippen molar-refractivity contribution in [3.05, 3.63) is 76.4 Å². The summed E-state index contributed by atoms with van der Waals surface area (Å²) in [5.74, 6) is -1.25. The molecule has 0 aromatic heterocycles. The Morgan fingerprint density at radius 3 is 2.54 bits per heavy atom. The topological polar surface area (TPSA) is 121 Å². The molecule has 0 fully saturated rings. The van der Waals surface area contributed by atoms with Crippen LogP contribution >= 0.6 is 21.6 Å². The van der Waals surface area contributed by atoms with Gasteiger partial charge in [0.15, 0.2) is 11.6 Å². The minimum Gasteiger partial charge on any atom is -0.507 e. The first kappa shape index (κ1) is 26.8. The first-order valence-electron chi connectivity index (χ1n) is 11.9. The van der Waals surface area contributed by atoms with Crippen LogP contribution in [0, 0.1) is 5.92 Å². The number of phenols is 2. The van der Waals surface area contributed by atoms with Gasteiger partial charge in [-0.2, -0.15) is 0 Å². The molecule has 0 spiro atoms. The summed E-state index contributed by atoms with van der Waals surface area (Å²) in [4.78, 5) is 51.6. The van der Waals surface area contributed by atoms with Crippen molar-refractivity contribution in [3.63, 3.8) is 0 Å². The lowest BCUT2D eigenvalue weighted by molar-refractivity contribution is -0.121. The van der Waals surface area contributed by atoms with Crippen LogP contribution in [0.3, 0.4) is 0 Å². The Morgan fingerprint density at radius 2 is 1.81 bits per heavy atom. The van der Waals surface area contributed by atoms with Gasteiger partial charge in [0.05, 0.1) is 22.4 Å². The Kier molecular flexibility index (Phi) is 8.24. The molecular formula is C28H27NO6S2.